The number of aliphatic imine (C=N–C) groups is 1. The van der Waals surface area contributed by atoms with Crippen molar-refractivity contribution < 1.29 is 14.3 Å². The van der Waals surface area contributed by atoms with E-state index in [-0.39, 0.29) is 35.5 Å². The minimum absolute atomic E-state index is 0.00216. The van der Waals surface area contributed by atoms with Crippen LogP contribution >= 0.6 is 0 Å². The number of nitrogens with zero attached hydrogens (tertiary/aromatic N) is 2. The SMILES string of the molecule is CCNC(=NCc1ccccc1OCC1CC1)NCCN1C(=O)C2C3C=CC(C3)C2C1=O. The summed E-state index contributed by atoms with van der Waals surface area (Å²) in [7, 11) is 0. The molecule has 4 unspecified atom stereocenters. The lowest BCUT2D eigenvalue weighted by Crippen LogP contribution is -2.43. The van der Waals surface area contributed by atoms with Gasteiger partial charge in [-0.3, -0.25) is 14.5 Å². The van der Waals surface area contributed by atoms with Gasteiger partial charge in [-0.2, -0.15) is 0 Å². The highest BCUT2D eigenvalue weighted by Crippen LogP contribution is 2.52. The summed E-state index contributed by atoms with van der Waals surface area (Å²) in [6, 6.07) is 8.02. The first kappa shape index (κ1) is 21.0. The van der Waals surface area contributed by atoms with Crippen molar-refractivity contribution in [1.29, 1.82) is 0 Å². The van der Waals surface area contributed by atoms with Crippen LogP contribution in [0.2, 0.25) is 0 Å². The van der Waals surface area contributed by atoms with E-state index < -0.39 is 0 Å². The number of hydrogen-bond acceptors (Lipinski definition) is 4. The standard InChI is InChI=1S/C25H32N4O3/c1-2-26-25(28-14-19-5-3-4-6-20(19)32-15-16-7-8-16)27-11-12-29-23(30)21-17-9-10-18(13-17)22(21)24(29)31/h3-6,9-10,16-18,21-22H,2,7-8,11-15H2,1H3,(H2,26,27,28). The fourth-order valence-electron chi connectivity index (χ4n) is 5.24. The van der Waals surface area contributed by atoms with Crippen LogP contribution in [0, 0.1) is 29.6 Å². The number of imide groups is 1. The number of para-hydroxylation sites is 1. The summed E-state index contributed by atoms with van der Waals surface area (Å²) in [5, 5.41) is 6.52. The van der Waals surface area contributed by atoms with E-state index in [9.17, 15) is 9.59 Å². The molecule has 2 saturated carbocycles. The van der Waals surface area contributed by atoms with Gasteiger partial charge in [0, 0.05) is 25.2 Å². The maximum absolute atomic E-state index is 12.8. The highest BCUT2D eigenvalue weighted by atomic mass is 16.5. The van der Waals surface area contributed by atoms with Crippen LogP contribution < -0.4 is 15.4 Å². The average Bonchev–Trinajstić information content (AvgIpc) is 3.31. The molecule has 3 aliphatic carbocycles. The maximum Gasteiger partial charge on any atom is 0.233 e. The Balaban J connectivity index is 1.16. The molecule has 170 valence electrons. The lowest BCUT2D eigenvalue weighted by atomic mass is 9.85. The number of fused-ring (bicyclic) bond motifs is 5. The number of rotatable bonds is 9. The monoisotopic (exact) mass is 436 g/mol. The molecule has 5 rings (SSSR count). The van der Waals surface area contributed by atoms with E-state index in [1.807, 2.05) is 31.2 Å². The second-order valence-electron chi connectivity index (χ2n) is 9.31. The van der Waals surface area contributed by atoms with Crippen molar-refractivity contribution in [1.82, 2.24) is 15.5 Å². The molecule has 7 heteroatoms. The smallest absolute Gasteiger partial charge is 0.233 e. The molecule has 4 atom stereocenters. The number of guanidine groups is 1. The fourth-order valence-corrected chi connectivity index (χ4v) is 5.24. The topological polar surface area (TPSA) is 83.0 Å². The second kappa shape index (κ2) is 8.96. The van der Waals surface area contributed by atoms with E-state index in [1.165, 1.54) is 17.7 Å². The summed E-state index contributed by atoms with van der Waals surface area (Å²) >= 11 is 0. The third-order valence-electron chi connectivity index (χ3n) is 7.09. The molecule has 1 aliphatic heterocycles. The summed E-state index contributed by atoms with van der Waals surface area (Å²) in [6.07, 6.45) is 7.73. The molecule has 1 aromatic rings. The molecular weight excluding hydrogens is 404 g/mol. The Kier molecular flexibility index (Phi) is 5.89. The van der Waals surface area contributed by atoms with Gasteiger partial charge < -0.3 is 15.4 Å². The van der Waals surface area contributed by atoms with Crippen LogP contribution in [0.25, 0.3) is 0 Å². The first-order chi connectivity index (χ1) is 15.7. The molecule has 2 bridgehead atoms. The zero-order valence-corrected chi connectivity index (χ0v) is 18.6. The molecule has 2 N–H and O–H groups in total. The van der Waals surface area contributed by atoms with Crippen molar-refractivity contribution in [3.05, 3.63) is 42.0 Å². The molecule has 4 aliphatic rings. The Hall–Kier alpha value is -2.83. The minimum Gasteiger partial charge on any atom is -0.493 e. The van der Waals surface area contributed by atoms with E-state index >= 15 is 0 Å². The molecule has 1 heterocycles. The predicted octanol–water partition coefficient (Wildman–Crippen LogP) is 2.34. The van der Waals surface area contributed by atoms with Crippen molar-refractivity contribution in [2.45, 2.75) is 32.7 Å². The number of nitrogens with one attached hydrogen (secondary N) is 2. The Morgan fingerprint density at radius 2 is 1.81 bits per heavy atom. The summed E-state index contributed by atoms with van der Waals surface area (Å²) < 4.78 is 5.99. The molecule has 0 aromatic heterocycles. The Morgan fingerprint density at radius 1 is 1.09 bits per heavy atom. The molecule has 1 saturated heterocycles. The van der Waals surface area contributed by atoms with Crippen molar-refractivity contribution in [2.75, 3.05) is 26.2 Å². The number of allylic oxidation sites excluding steroid dienone is 2. The van der Waals surface area contributed by atoms with E-state index in [0.29, 0.717) is 31.5 Å². The molecule has 7 nitrogen and oxygen atoms in total. The van der Waals surface area contributed by atoms with Gasteiger partial charge in [-0.25, -0.2) is 4.99 Å². The van der Waals surface area contributed by atoms with Crippen molar-refractivity contribution in [2.24, 2.45) is 34.6 Å². The molecule has 32 heavy (non-hydrogen) atoms. The summed E-state index contributed by atoms with van der Waals surface area (Å²) in [5.74, 6) is 2.50. The molecule has 2 amide bonds. The normalized spacial score (nSPS) is 28.4. The zero-order valence-electron chi connectivity index (χ0n) is 18.6. The Morgan fingerprint density at radius 3 is 2.50 bits per heavy atom. The number of benzene rings is 1. The van der Waals surface area contributed by atoms with E-state index in [2.05, 4.69) is 22.8 Å². The van der Waals surface area contributed by atoms with Gasteiger partial charge in [-0.15, -0.1) is 0 Å². The largest absolute Gasteiger partial charge is 0.493 e. The van der Waals surface area contributed by atoms with Crippen LogP contribution in [0.3, 0.4) is 0 Å². The number of likely N-dealkylation sites (tertiary alicyclic amines) is 1. The van der Waals surface area contributed by atoms with Crippen LogP contribution in [0.4, 0.5) is 0 Å². The fraction of sp³-hybridized carbons (Fsp3) is 0.560. The second-order valence-corrected chi connectivity index (χ2v) is 9.31. The maximum atomic E-state index is 12.8. The lowest BCUT2D eigenvalue weighted by molar-refractivity contribution is -0.140. The number of carbonyl (C=O) groups excluding carboxylic acids is 2. The number of ether oxygens (including phenoxy) is 1. The van der Waals surface area contributed by atoms with Gasteiger partial charge >= 0.3 is 0 Å². The van der Waals surface area contributed by atoms with Gasteiger partial charge in [-0.1, -0.05) is 30.4 Å². The van der Waals surface area contributed by atoms with Crippen LogP contribution in [-0.4, -0.2) is 48.9 Å². The highest BCUT2D eigenvalue weighted by molar-refractivity contribution is 6.06. The average molecular weight is 437 g/mol. The summed E-state index contributed by atoms with van der Waals surface area (Å²) in [5.41, 5.74) is 1.05. The molecule has 0 radical (unpaired) electrons. The van der Waals surface area contributed by atoms with Crippen molar-refractivity contribution in [3.63, 3.8) is 0 Å². The van der Waals surface area contributed by atoms with Gasteiger partial charge in [0.1, 0.15) is 5.75 Å². The molecule has 1 aromatic carbocycles. The van der Waals surface area contributed by atoms with Crippen molar-refractivity contribution >= 4 is 17.8 Å². The van der Waals surface area contributed by atoms with E-state index in [4.69, 9.17) is 9.73 Å². The van der Waals surface area contributed by atoms with Crippen LogP contribution in [-0.2, 0) is 16.1 Å². The highest BCUT2D eigenvalue weighted by Gasteiger charge is 2.58. The van der Waals surface area contributed by atoms with Crippen LogP contribution in [0.15, 0.2) is 41.4 Å². The number of hydrogen-bond donors (Lipinski definition) is 2. The predicted molar refractivity (Wildman–Crippen MR) is 122 cm³/mol. The first-order valence-electron chi connectivity index (χ1n) is 11.9. The van der Waals surface area contributed by atoms with Gasteiger partial charge in [0.2, 0.25) is 11.8 Å². The van der Waals surface area contributed by atoms with Gasteiger partial charge in [0.25, 0.3) is 0 Å². The number of carbonyl (C=O) groups is 2. The first-order valence-corrected chi connectivity index (χ1v) is 11.9. The third-order valence-corrected chi connectivity index (χ3v) is 7.09. The van der Waals surface area contributed by atoms with Gasteiger partial charge in [0.15, 0.2) is 5.96 Å². The minimum atomic E-state index is -0.133. The van der Waals surface area contributed by atoms with E-state index in [1.54, 1.807) is 0 Å². The molecule has 0 spiro atoms. The van der Waals surface area contributed by atoms with Crippen LogP contribution in [0.5, 0.6) is 5.75 Å². The molecular formula is C25H32N4O3. The summed E-state index contributed by atoms with van der Waals surface area (Å²) in [4.78, 5) is 31.8. The molecule has 3 fully saturated rings. The number of amides is 2. The van der Waals surface area contributed by atoms with Gasteiger partial charge in [0.05, 0.1) is 25.0 Å². The van der Waals surface area contributed by atoms with Crippen LogP contribution in [0.1, 0.15) is 31.7 Å². The Labute approximate surface area is 189 Å². The van der Waals surface area contributed by atoms with E-state index in [0.717, 1.165) is 30.9 Å². The summed E-state index contributed by atoms with van der Waals surface area (Å²) in [6.45, 7) is 4.86. The zero-order chi connectivity index (χ0) is 22.1. The van der Waals surface area contributed by atoms with Gasteiger partial charge in [-0.05, 0) is 50.0 Å². The quantitative estimate of drug-likeness (QED) is 0.269. The third kappa shape index (κ3) is 4.12. The Bertz CT molecular complexity index is 909. The lowest BCUT2D eigenvalue weighted by Gasteiger charge is -2.18. The van der Waals surface area contributed by atoms with Crippen molar-refractivity contribution in [3.8, 4) is 5.75 Å².